The van der Waals surface area contributed by atoms with E-state index in [-0.39, 0.29) is 11.4 Å². The minimum absolute atomic E-state index is 0.166. The highest BCUT2D eigenvalue weighted by Crippen LogP contribution is 2.27. The first-order valence-corrected chi connectivity index (χ1v) is 9.83. The number of methoxy groups -OCH3 is 1. The first kappa shape index (κ1) is 16.9. The Hall–Kier alpha value is -1.90. The number of sulfonamides is 1. The predicted molar refractivity (Wildman–Crippen MR) is 94.4 cm³/mol. The van der Waals surface area contributed by atoms with E-state index in [0.29, 0.717) is 12.2 Å². The molecule has 3 rings (SSSR count). The standard InChI is InChI=1S/C16H19N3O3S2/c1-11-8-14(22-3)15(9-12(11)2)24(20,21)17-5-4-13-10-19-6-7-23-16(19)18-13/h6-10,17H,4-5H2,1-3H3. The fourth-order valence-corrected chi connectivity index (χ4v) is 4.40. The molecule has 1 aromatic carbocycles. The van der Waals surface area contributed by atoms with Gasteiger partial charge in [0.2, 0.25) is 10.0 Å². The van der Waals surface area contributed by atoms with Crippen LogP contribution >= 0.6 is 11.3 Å². The van der Waals surface area contributed by atoms with Crippen LogP contribution in [0.5, 0.6) is 5.75 Å². The number of nitrogens with zero attached hydrogens (tertiary/aromatic N) is 2. The van der Waals surface area contributed by atoms with Crippen molar-refractivity contribution in [2.45, 2.75) is 25.2 Å². The third kappa shape index (κ3) is 3.31. The summed E-state index contributed by atoms with van der Waals surface area (Å²) < 4.78 is 34.9. The molecule has 0 saturated carbocycles. The van der Waals surface area contributed by atoms with Crippen LogP contribution in [0.15, 0.2) is 34.8 Å². The van der Waals surface area contributed by atoms with Gasteiger partial charge in [-0.1, -0.05) is 0 Å². The molecule has 3 aromatic rings. The summed E-state index contributed by atoms with van der Waals surface area (Å²) in [7, 11) is -2.16. The maximum Gasteiger partial charge on any atom is 0.244 e. The zero-order chi connectivity index (χ0) is 17.3. The van der Waals surface area contributed by atoms with Crippen molar-refractivity contribution in [2.75, 3.05) is 13.7 Å². The Morgan fingerprint density at radius 1 is 1.29 bits per heavy atom. The minimum atomic E-state index is -3.64. The molecule has 2 heterocycles. The Morgan fingerprint density at radius 3 is 2.75 bits per heavy atom. The topological polar surface area (TPSA) is 72.7 Å². The molecule has 6 nitrogen and oxygen atoms in total. The average Bonchev–Trinajstić information content (AvgIpc) is 3.10. The number of ether oxygens (including phenoxy) is 1. The van der Waals surface area contributed by atoms with Gasteiger partial charge in [-0.25, -0.2) is 18.1 Å². The summed E-state index contributed by atoms with van der Waals surface area (Å²) in [6.45, 7) is 4.08. The minimum Gasteiger partial charge on any atom is -0.495 e. The third-order valence-corrected chi connectivity index (χ3v) is 6.14. The maximum absolute atomic E-state index is 12.6. The van der Waals surface area contributed by atoms with Crippen LogP contribution in [0.25, 0.3) is 4.96 Å². The quantitative estimate of drug-likeness (QED) is 0.729. The molecule has 0 fully saturated rings. The van der Waals surface area contributed by atoms with Crippen molar-refractivity contribution < 1.29 is 13.2 Å². The number of aromatic nitrogens is 2. The lowest BCUT2D eigenvalue weighted by Gasteiger charge is -2.13. The van der Waals surface area contributed by atoms with E-state index in [0.717, 1.165) is 21.8 Å². The van der Waals surface area contributed by atoms with Gasteiger partial charge in [0.25, 0.3) is 0 Å². The van der Waals surface area contributed by atoms with Crippen LogP contribution in [-0.4, -0.2) is 31.5 Å². The van der Waals surface area contributed by atoms with E-state index in [9.17, 15) is 8.42 Å². The summed E-state index contributed by atoms with van der Waals surface area (Å²) in [5, 5.41) is 1.96. The number of imidazole rings is 1. The van der Waals surface area contributed by atoms with Crippen LogP contribution in [0, 0.1) is 13.8 Å². The van der Waals surface area contributed by atoms with Crippen LogP contribution in [-0.2, 0) is 16.4 Å². The average molecular weight is 365 g/mol. The smallest absolute Gasteiger partial charge is 0.244 e. The van der Waals surface area contributed by atoms with Gasteiger partial charge in [0.15, 0.2) is 4.96 Å². The summed E-state index contributed by atoms with van der Waals surface area (Å²) in [5.41, 5.74) is 2.76. The van der Waals surface area contributed by atoms with Gasteiger partial charge < -0.3 is 4.74 Å². The van der Waals surface area contributed by atoms with Gasteiger partial charge in [0, 0.05) is 30.7 Å². The van der Waals surface area contributed by atoms with E-state index < -0.39 is 10.0 Å². The van der Waals surface area contributed by atoms with Crippen LogP contribution in [0.2, 0.25) is 0 Å². The van der Waals surface area contributed by atoms with Gasteiger partial charge in [0.1, 0.15) is 10.6 Å². The highest BCUT2D eigenvalue weighted by Gasteiger charge is 2.20. The molecule has 0 radical (unpaired) electrons. The number of rotatable bonds is 6. The largest absolute Gasteiger partial charge is 0.495 e. The number of thiazole rings is 1. The Labute approximate surface area is 145 Å². The van der Waals surface area contributed by atoms with Crippen LogP contribution in [0.3, 0.4) is 0 Å². The summed E-state index contributed by atoms with van der Waals surface area (Å²) in [6.07, 6.45) is 4.37. The molecule has 0 amide bonds. The second-order valence-corrected chi connectivity index (χ2v) is 8.17. The number of hydrogen-bond acceptors (Lipinski definition) is 5. The number of aryl methyl sites for hydroxylation is 2. The molecule has 128 valence electrons. The number of benzene rings is 1. The fraction of sp³-hybridized carbons (Fsp3) is 0.312. The van der Waals surface area contributed by atoms with Crippen LogP contribution in [0.4, 0.5) is 0 Å². The van der Waals surface area contributed by atoms with Crippen molar-refractivity contribution in [1.82, 2.24) is 14.1 Å². The molecule has 0 aliphatic rings. The lowest BCUT2D eigenvalue weighted by molar-refractivity contribution is 0.402. The van der Waals surface area contributed by atoms with Crippen molar-refractivity contribution in [3.05, 3.63) is 46.7 Å². The van der Waals surface area contributed by atoms with E-state index in [1.165, 1.54) is 7.11 Å². The van der Waals surface area contributed by atoms with Gasteiger partial charge in [-0.05, 0) is 37.1 Å². The first-order valence-electron chi connectivity index (χ1n) is 7.46. The van der Waals surface area contributed by atoms with E-state index >= 15 is 0 Å². The Balaban J connectivity index is 1.74. The van der Waals surface area contributed by atoms with Gasteiger partial charge >= 0.3 is 0 Å². The molecular weight excluding hydrogens is 346 g/mol. The van der Waals surface area contributed by atoms with Crippen LogP contribution in [0.1, 0.15) is 16.8 Å². The Morgan fingerprint density at radius 2 is 2.04 bits per heavy atom. The number of nitrogens with one attached hydrogen (secondary N) is 1. The molecule has 0 atom stereocenters. The van der Waals surface area contributed by atoms with E-state index in [1.807, 2.05) is 36.0 Å². The van der Waals surface area contributed by atoms with Crippen molar-refractivity contribution in [3.63, 3.8) is 0 Å². The number of fused-ring (bicyclic) bond motifs is 1. The van der Waals surface area contributed by atoms with Gasteiger partial charge in [-0.3, -0.25) is 4.40 Å². The molecule has 0 aliphatic heterocycles. The SMILES string of the molecule is COc1cc(C)c(C)cc1S(=O)(=O)NCCc1cn2ccsc2n1. The van der Waals surface area contributed by atoms with Crippen LogP contribution < -0.4 is 9.46 Å². The molecule has 24 heavy (non-hydrogen) atoms. The summed E-state index contributed by atoms with van der Waals surface area (Å²) in [5.74, 6) is 0.355. The molecule has 0 unspecified atom stereocenters. The normalized spacial score (nSPS) is 12.0. The lowest BCUT2D eigenvalue weighted by Crippen LogP contribution is -2.26. The summed E-state index contributed by atoms with van der Waals surface area (Å²) >= 11 is 1.55. The zero-order valence-corrected chi connectivity index (χ0v) is 15.4. The molecule has 0 aliphatic carbocycles. The van der Waals surface area contributed by atoms with E-state index in [1.54, 1.807) is 23.5 Å². The monoisotopic (exact) mass is 365 g/mol. The zero-order valence-electron chi connectivity index (χ0n) is 13.7. The Kier molecular flexibility index (Phi) is 4.62. The van der Waals surface area contributed by atoms with Crippen molar-refractivity contribution in [3.8, 4) is 5.75 Å². The molecule has 1 N–H and O–H groups in total. The molecule has 2 aromatic heterocycles. The predicted octanol–water partition coefficient (Wildman–Crippen LogP) is 2.54. The fourth-order valence-electron chi connectivity index (χ4n) is 2.42. The van der Waals surface area contributed by atoms with E-state index in [4.69, 9.17) is 4.74 Å². The molecule has 0 saturated heterocycles. The Bertz CT molecular complexity index is 945. The van der Waals surface area contributed by atoms with Crippen molar-refractivity contribution in [2.24, 2.45) is 0 Å². The van der Waals surface area contributed by atoms with Gasteiger partial charge in [0.05, 0.1) is 12.8 Å². The third-order valence-electron chi connectivity index (χ3n) is 3.89. The summed E-state index contributed by atoms with van der Waals surface area (Å²) in [4.78, 5) is 5.52. The highest BCUT2D eigenvalue weighted by atomic mass is 32.2. The molecular formula is C16H19N3O3S2. The molecule has 0 spiro atoms. The number of hydrogen-bond donors (Lipinski definition) is 1. The summed E-state index contributed by atoms with van der Waals surface area (Å²) in [6, 6.07) is 3.39. The molecule has 8 heteroatoms. The van der Waals surface area contributed by atoms with Crippen molar-refractivity contribution in [1.29, 1.82) is 0 Å². The van der Waals surface area contributed by atoms with E-state index in [2.05, 4.69) is 9.71 Å². The van der Waals surface area contributed by atoms with Gasteiger partial charge in [-0.2, -0.15) is 0 Å². The second kappa shape index (κ2) is 6.54. The van der Waals surface area contributed by atoms with Gasteiger partial charge in [-0.15, -0.1) is 11.3 Å². The highest BCUT2D eigenvalue weighted by molar-refractivity contribution is 7.89. The molecule has 0 bridgehead atoms. The maximum atomic E-state index is 12.6. The van der Waals surface area contributed by atoms with Crippen molar-refractivity contribution >= 4 is 26.3 Å². The lowest BCUT2D eigenvalue weighted by atomic mass is 10.1. The second-order valence-electron chi connectivity index (χ2n) is 5.56. The first-order chi connectivity index (χ1) is 11.4.